The van der Waals surface area contributed by atoms with Crippen LogP contribution in [0.2, 0.25) is 0 Å². The number of hydrogen-bond acceptors (Lipinski definition) is 4. The van der Waals surface area contributed by atoms with Crippen LogP contribution in [-0.2, 0) is 9.59 Å². The summed E-state index contributed by atoms with van der Waals surface area (Å²) in [6, 6.07) is 6.04. The molecular weight excluding hydrogens is 322 g/mol. The predicted octanol–water partition coefficient (Wildman–Crippen LogP) is 3.12. The molecule has 128 valence electrons. The van der Waals surface area contributed by atoms with Crippen LogP contribution in [0.25, 0.3) is 10.2 Å². The van der Waals surface area contributed by atoms with Crippen molar-refractivity contribution in [2.24, 2.45) is 5.92 Å². The predicted molar refractivity (Wildman–Crippen MR) is 95.8 cm³/mol. The first kappa shape index (κ1) is 16.9. The maximum Gasteiger partial charge on any atom is 0.225 e. The van der Waals surface area contributed by atoms with Crippen LogP contribution in [0.3, 0.4) is 0 Å². The molecule has 0 spiro atoms. The van der Waals surface area contributed by atoms with E-state index in [1.807, 2.05) is 36.4 Å². The lowest BCUT2D eigenvalue weighted by atomic mass is 9.96. The minimum absolute atomic E-state index is 0.0421. The minimum atomic E-state index is -0.108. The second-order valence-corrected chi connectivity index (χ2v) is 7.23. The third-order valence-electron chi connectivity index (χ3n) is 4.66. The number of carbonyl (C=O) groups excluding carboxylic acids is 2. The van der Waals surface area contributed by atoms with Crippen LogP contribution in [0, 0.1) is 5.92 Å². The van der Waals surface area contributed by atoms with Gasteiger partial charge in [0.25, 0.3) is 0 Å². The molecule has 0 bridgehead atoms. The number of likely N-dealkylation sites (tertiary alicyclic amines) is 1. The van der Waals surface area contributed by atoms with Crippen LogP contribution >= 0.6 is 11.3 Å². The van der Waals surface area contributed by atoms with Crippen molar-refractivity contribution in [3.63, 3.8) is 0 Å². The van der Waals surface area contributed by atoms with Crippen molar-refractivity contribution in [3.05, 3.63) is 29.3 Å². The number of nitrogens with zero attached hydrogens (tertiary/aromatic N) is 2. The van der Waals surface area contributed by atoms with Crippen LogP contribution in [-0.4, -0.2) is 34.8 Å². The second kappa shape index (κ2) is 7.30. The Morgan fingerprint density at radius 1 is 1.46 bits per heavy atom. The Morgan fingerprint density at radius 3 is 3.08 bits per heavy atom. The van der Waals surface area contributed by atoms with E-state index in [9.17, 15) is 9.59 Å². The number of nitrogens with one attached hydrogen (secondary N) is 1. The number of rotatable bonds is 4. The van der Waals surface area contributed by atoms with Crippen LogP contribution in [0.5, 0.6) is 0 Å². The van der Waals surface area contributed by atoms with Crippen molar-refractivity contribution in [3.8, 4) is 0 Å². The van der Waals surface area contributed by atoms with E-state index in [1.165, 1.54) is 0 Å². The van der Waals surface area contributed by atoms with Gasteiger partial charge >= 0.3 is 0 Å². The van der Waals surface area contributed by atoms with Gasteiger partial charge in [0.05, 0.1) is 27.7 Å². The fourth-order valence-corrected chi connectivity index (χ4v) is 3.92. The number of piperidine rings is 1. The number of amides is 2. The summed E-state index contributed by atoms with van der Waals surface area (Å²) in [5.74, 6) is 0.0699. The fraction of sp³-hybridized carbons (Fsp3) is 0.500. The molecule has 24 heavy (non-hydrogen) atoms. The summed E-state index contributed by atoms with van der Waals surface area (Å²) in [4.78, 5) is 30.6. The van der Waals surface area contributed by atoms with Gasteiger partial charge in [0, 0.05) is 19.5 Å². The van der Waals surface area contributed by atoms with Crippen molar-refractivity contribution >= 4 is 33.4 Å². The van der Waals surface area contributed by atoms with E-state index in [4.69, 9.17) is 0 Å². The molecule has 1 saturated heterocycles. The average molecular weight is 345 g/mol. The van der Waals surface area contributed by atoms with Crippen molar-refractivity contribution in [1.29, 1.82) is 0 Å². The van der Waals surface area contributed by atoms with Gasteiger partial charge in [0.1, 0.15) is 0 Å². The molecule has 3 rings (SSSR count). The van der Waals surface area contributed by atoms with E-state index in [0.29, 0.717) is 13.0 Å². The van der Waals surface area contributed by atoms with Gasteiger partial charge in [-0.15, -0.1) is 11.3 Å². The summed E-state index contributed by atoms with van der Waals surface area (Å²) < 4.78 is 1.13. The van der Waals surface area contributed by atoms with Gasteiger partial charge in [0.15, 0.2) is 0 Å². The third kappa shape index (κ3) is 3.59. The molecule has 6 heteroatoms. The molecule has 5 nitrogen and oxygen atoms in total. The molecule has 1 aromatic heterocycles. The number of fused-ring (bicyclic) bond motifs is 1. The highest BCUT2D eigenvalue weighted by Crippen LogP contribution is 2.24. The third-order valence-corrected chi connectivity index (χ3v) is 5.45. The molecular formula is C18H23N3O2S. The first-order valence-corrected chi connectivity index (χ1v) is 9.37. The lowest BCUT2D eigenvalue weighted by molar-refractivity contribution is -0.135. The molecule has 0 unspecified atom stereocenters. The van der Waals surface area contributed by atoms with Crippen LogP contribution < -0.4 is 5.32 Å². The van der Waals surface area contributed by atoms with Crippen molar-refractivity contribution < 1.29 is 9.59 Å². The van der Waals surface area contributed by atoms with Crippen molar-refractivity contribution in [2.45, 2.75) is 39.2 Å². The van der Waals surface area contributed by atoms with E-state index < -0.39 is 0 Å². The molecule has 2 heterocycles. The zero-order valence-electron chi connectivity index (χ0n) is 14.1. The summed E-state index contributed by atoms with van der Waals surface area (Å²) in [6.07, 6.45) is 2.24. The van der Waals surface area contributed by atoms with Gasteiger partial charge in [-0.1, -0.05) is 13.0 Å². The molecule has 1 aliphatic heterocycles. The Balaban J connectivity index is 1.63. The molecule has 0 saturated carbocycles. The lowest BCUT2D eigenvalue weighted by Crippen LogP contribution is -2.45. The Labute approximate surface area is 146 Å². The van der Waals surface area contributed by atoms with Crippen LogP contribution in [0.1, 0.15) is 44.7 Å². The Kier molecular flexibility index (Phi) is 5.14. The van der Waals surface area contributed by atoms with Gasteiger partial charge in [0.2, 0.25) is 11.8 Å². The van der Waals surface area contributed by atoms with Crippen molar-refractivity contribution in [1.82, 2.24) is 15.2 Å². The van der Waals surface area contributed by atoms with Gasteiger partial charge in [-0.2, -0.15) is 0 Å². The summed E-state index contributed by atoms with van der Waals surface area (Å²) in [5, 5.41) is 3.11. The van der Waals surface area contributed by atoms with E-state index in [0.717, 1.165) is 35.2 Å². The molecule has 2 aromatic rings. The Hall–Kier alpha value is -1.95. The van der Waals surface area contributed by atoms with Crippen LogP contribution in [0.4, 0.5) is 0 Å². The summed E-state index contributed by atoms with van der Waals surface area (Å²) in [5.41, 5.74) is 3.90. The molecule has 1 aromatic carbocycles. The molecule has 2 atom stereocenters. The van der Waals surface area contributed by atoms with Gasteiger partial charge in [-0.25, -0.2) is 4.98 Å². The average Bonchev–Trinajstić information content (AvgIpc) is 3.08. The number of aromatic nitrogens is 1. The number of carbonyl (C=O) groups is 2. The maximum absolute atomic E-state index is 12.6. The van der Waals surface area contributed by atoms with E-state index >= 15 is 0 Å². The van der Waals surface area contributed by atoms with E-state index in [2.05, 4.69) is 16.4 Å². The first-order chi connectivity index (χ1) is 11.6. The summed E-state index contributed by atoms with van der Waals surface area (Å²) in [6.45, 7) is 5.18. The number of benzene rings is 1. The summed E-state index contributed by atoms with van der Waals surface area (Å²) in [7, 11) is 0. The monoisotopic (exact) mass is 345 g/mol. The normalized spacial score (nSPS) is 19.2. The molecule has 1 N–H and O–H groups in total. The SMILES string of the molecule is CCC(=O)N1CCC[C@H](C(=O)N[C@H](C)c2ccc3ncsc3c2)C1. The zero-order valence-corrected chi connectivity index (χ0v) is 14.9. The van der Waals surface area contributed by atoms with E-state index in [-0.39, 0.29) is 23.8 Å². The van der Waals surface area contributed by atoms with Gasteiger partial charge < -0.3 is 10.2 Å². The lowest BCUT2D eigenvalue weighted by Gasteiger charge is -2.32. The van der Waals surface area contributed by atoms with Crippen molar-refractivity contribution in [2.75, 3.05) is 13.1 Å². The highest BCUT2D eigenvalue weighted by atomic mass is 32.1. The smallest absolute Gasteiger partial charge is 0.225 e. The summed E-state index contributed by atoms with van der Waals surface area (Å²) >= 11 is 1.60. The zero-order chi connectivity index (χ0) is 17.1. The molecule has 1 fully saturated rings. The molecule has 2 amide bonds. The van der Waals surface area contributed by atoms with Gasteiger partial charge in [-0.05, 0) is 37.5 Å². The quantitative estimate of drug-likeness (QED) is 0.926. The maximum atomic E-state index is 12.6. The molecule has 1 aliphatic rings. The molecule has 0 aliphatic carbocycles. The number of thiazole rings is 1. The Bertz CT molecular complexity index is 743. The van der Waals surface area contributed by atoms with Crippen LogP contribution in [0.15, 0.2) is 23.7 Å². The Morgan fingerprint density at radius 2 is 2.29 bits per heavy atom. The number of hydrogen-bond donors (Lipinski definition) is 1. The highest BCUT2D eigenvalue weighted by molar-refractivity contribution is 7.16. The highest BCUT2D eigenvalue weighted by Gasteiger charge is 2.28. The topological polar surface area (TPSA) is 62.3 Å². The fourth-order valence-electron chi connectivity index (χ4n) is 3.20. The first-order valence-electron chi connectivity index (χ1n) is 8.49. The standard InChI is InChI=1S/C18H23N3O2S/c1-3-17(22)21-8-4-5-14(10-21)18(23)20-12(2)13-6-7-15-16(9-13)24-11-19-15/h6-7,9,11-12,14H,3-5,8,10H2,1-2H3,(H,20,23)/t12-,14+/m1/s1. The largest absolute Gasteiger partial charge is 0.349 e. The molecule has 0 radical (unpaired) electrons. The second-order valence-electron chi connectivity index (χ2n) is 6.34. The minimum Gasteiger partial charge on any atom is -0.349 e. The van der Waals surface area contributed by atoms with Gasteiger partial charge in [-0.3, -0.25) is 9.59 Å². The van der Waals surface area contributed by atoms with E-state index in [1.54, 1.807) is 11.3 Å².